The normalized spacial score (nSPS) is 17.5. The van der Waals surface area contributed by atoms with Crippen LogP contribution in [0.2, 0.25) is 0 Å². The first-order valence-electron chi connectivity index (χ1n) is 14.0. The highest BCUT2D eigenvalue weighted by Crippen LogP contribution is 2.36. The van der Waals surface area contributed by atoms with Gasteiger partial charge in [-0.1, -0.05) is 56.5 Å². The molecule has 244 valence electrons. The van der Waals surface area contributed by atoms with E-state index in [-0.39, 0.29) is 12.8 Å². The quantitative estimate of drug-likeness (QED) is 0.108. The number of carbonyl (C=O) groups excluding carboxylic acids is 3. The largest absolute Gasteiger partial charge is 0.465 e. The number of esters is 2. The maximum absolute atomic E-state index is 14.1. The number of methoxy groups -OCH3 is 1. The molecule has 0 saturated heterocycles. The standard InChI is InChI=1S/C27H42N2O11S3/c1-4-23(30)40-27(25(32)39-2,21-13-9-6-10-14-21)29-24(31)20(17-19-11-7-5-8-12-19)18-26(41(33)34,42(35)36)22(28)15-16-43(3,37)38/h5,7-8,11-12,20-22,41-42H,4,6,9-10,13-18,28H2,1-3H3,(H,29,31). The summed E-state index contributed by atoms with van der Waals surface area (Å²) in [5.74, 6) is -5.47. The summed E-state index contributed by atoms with van der Waals surface area (Å²) >= 11 is 0. The van der Waals surface area contributed by atoms with E-state index in [0.717, 1.165) is 19.8 Å². The minimum atomic E-state index is -3.86. The van der Waals surface area contributed by atoms with E-state index in [1.807, 2.05) is 0 Å². The van der Waals surface area contributed by atoms with Crippen LogP contribution in [-0.2, 0) is 61.5 Å². The van der Waals surface area contributed by atoms with Gasteiger partial charge < -0.3 is 20.5 Å². The van der Waals surface area contributed by atoms with Crippen molar-refractivity contribution >= 4 is 49.1 Å². The lowest BCUT2D eigenvalue weighted by Gasteiger charge is -2.40. The Morgan fingerprint density at radius 3 is 2.12 bits per heavy atom. The van der Waals surface area contributed by atoms with Crippen LogP contribution in [0.4, 0.5) is 0 Å². The van der Waals surface area contributed by atoms with Crippen molar-refractivity contribution in [2.45, 2.75) is 80.6 Å². The van der Waals surface area contributed by atoms with Crippen molar-refractivity contribution in [3.63, 3.8) is 0 Å². The lowest BCUT2D eigenvalue weighted by molar-refractivity contribution is -0.197. The average Bonchev–Trinajstić information content (AvgIpc) is 2.97. The van der Waals surface area contributed by atoms with Gasteiger partial charge in [-0.05, 0) is 37.7 Å². The fourth-order valence-corrected chi connectivity index (χ4v) is 8.15. The molecule has 0 radical (unpaired) electrons. The van der Waals surface area contributed by atoms with E-state index in [1.54, 1.807) is 30.3 Å². The van der Waals surface area contributed by atoms with Crippen molar-refractivity contribution in [3.05, 3.63) is 35.9 Å². The second kappa shape index (κ2) is 16.0. The van der Waals surface area contributed by atoms with Gasteiger partial charge >= 0.3 is 11.9 Å². The Kier molecular flexibility index (Phi) is 13.6. The summed E-state index contributed by atoms with van der Waals surface area (Å²) < 4.78 is 82.1. The summed E-state index contributed by atoms with van der Waals surface area (Å²) in [6.45, 7) is 1.51. The zero-order chi connectivity index (χ0) is 32.4. The highest BCUT2D eigenvalue weighted by atomic mass is 32.2. The minimum Gasteiger partial charge on any atom is -0.465 e. The van der Waals surface area contributed by atoms with Crippen molar-refractivity contribution in [1.29, 1.82) is 0 Å². The molecule has 1 saturated carbocycles. The first-order chi connectivity index (χ1) is 20.1. The lowest BCUT2D eigenvalue weighted by Crippen LogP contribution is -2.64. The summed E-state index contributed by atoms with van der Waals surface area (Å²) in [5.41, 5.74) is 4.39. The second-order valence-corrected chi connectivity index (χ2v) is 16.1. The van der Waals surface area contributed by atoms with Crippen molar-refractivity contribution < 1.29 is 49.1 Å². The molecule has 1 aromatic rings. The minimum absolute atomic E-state index is 0.125. The molecule has 3 N–H and O–H groups in total. The van der Waals surface area contributed by atoms with Crippen molar-refractivity contribution in [2.75, 3.05) is 19.1 Å². The van der Waals surface area contributed by atoms with Gasteiger partial charge in [-0.15, -0.1) is 0 Å². The van der Waals surface area contributed by atoms with Gasteiger partial charge in [0.15, 0.2) is 25.5 Å². The summed E-state index contributed by atoms with van der Waals surface area (Å²) in [6, 6.07) is 6.64. The SMILES string of the molecule is CCC(=O)OC(NC(=O)C(Cc1ccccc1)CC(C(N)CCS(C)(=O)=O)([SH](=O)=O)[SH](=O)=O)(C(=O)OC)C1CCCCC1. The number of nitrogens with two attached hydrogens (primary N) is 1. The smallest absolute Gasteiger partial charge is 0.372 e. The van der Waals surface area contributed by atoms with Crippen LogP contribution in [0.5, 0.6) is 0 Å². The van der Waals surface area contributed by atoms with Gasteiger partial charge in [-0.2, -0.15) is 0 Å². The third-order valence-electron chi connectivity index (χ3n) is 7.81. The molecule has 0 spiro atoms. The monoisotopic (exact) mass is 666 g/mol. The zero-order valence-corrected chi connectivity index (χ0v) is 27.2. The molecular weight excluding hydrogens is 625 g/mol. The maximum atomic E-state index is 14.1. The summed E-state index contributed by atoms with van der Waals surface area (Å²) in [6.07, 6.45) is 2.29. The molecule has 0 aliphatic heterocycles. The van der Waals surface area contributed by atoms with E-state index >= 15 is 0 Å². The summed E-state index contributed by atoms with van der Waals surface area (Å²) in [7, 11) is -10.3. The molecule has 3 unspecified atom stereocenters. The number of carbonyl (C=O) groups is 3. The van der Waals surface area contributed by atoms with Gasteiger partial charge in [0, 0.05) is 30.6 Å². The van der Waals surface area contributed by atoms with E-state index in [4.69, 9.17) is 15.2 Å². The highest BCUT2D eigenvalue weighted by Gasteiger charge is 2.54. The number of thiol groups is 2. The van der Waals surface area contributed by atoms with E-state index in [2.05, 4.69) is 5.32 Å². The van der Waals surface area contributed by atoms with E-state index in [0.29, 0.717) is 31.2 Å². The predicted molar refractivity (Wildman–Crippen MR) is 160 cm³/mol. The second-order valence-electron chi connectivity index (χ2n) is 10.9. The van der Waals surface area contributed by atoms with Crippen LogP contribution in [-0.4, -0.2) is 78.1 Å². The predicted octanol–water partition coefficient (Wildman–Crippen LogP) is 0.436. The van der Waals surface area contributed by atoms with Crippen molar-refractivity contribution in [3.8, 4) is 0 Å². The Morgan fingerprint density at radius 2 is 1.63 bits per heavy atom. The number of benzene rings is 1. The van der Waals surface area contributed by atoms with Gasteiger partial charge in [0.1, 0.15) is 9.84 Å². The molecule has 0 aromatic heterocycles. The molecule has 3 atom stereocenters. The van der Waals surface area contributed by atoms with Crippen molar-refractivity contribution in [2.24, 2.45) is 17.6 Å². The summed E-state index contributed by atoms with van der Waals surface area (Å²) in [5, 5.41) is 2.55. The Balaban J connectivity index is 2.67. The molecule has 2 rings (SSSR count). The first kappa shape index (κ1) is 36.6. The molecule has 1 aliphatic rings. The number of nitrogens with one attached hydrogen (secondary N) is 1. The molecule has 0 bridgehead atoms. The molecule has 1 aliphatic carbocycles. The number of hydrogen-bond donors (Lipinski definition) is 4. The molecule has 16 heteroatoms. The van der Waals surface area contributed by atoms with Crippen LogP contribution in [0.3, 0.4) is 0 Å². The number of hydrogen-bond acceptors (Lipinski definition) is 12. The van der Waals surface area contributed by atoms with Gasteiger partial charge in [0.25, 0.3) is 5.72 Å². The number of rotatable bonds is 16. The summed E-state index contributed by atoms with van der Waals surface area (Å²) in [4.78, 5) is 40.0. The third kappa shape index (κ3) is 9.46. The maximum Gasteiger partial charge on any atom is 0.372 e. The van der Waals surface area contributed by atoms with Crippen LogP contribution >= 0.6 is 0 Å². The zero-order valence-electron chi connectivity index (χ0n) is 24.6. The average molecular weight is 667 g/mol. The van der Waals surface area contributed by atoms with E-state index in [1.165, 1.54) is 6.92 Å². The van der Waals surface area contributed by atoms with Crippen LogP contribution in [0, 0.1) is 11.8 Å². The van der Waals surface area contributed by atoms with Crippen LogP contribution < -0.4 is 11.1 Å². The molecule has 1 fully saturated rings. The van der Waals surface area contributed by atoms with Gasteiger partial charge in [-0.3, -0.25) is 9.59 Å². The Bertz CT molecular complexity index is 1350. The first-order valence-corrected chi connectivity index (χ1v) is 18.4. The number of sulfone groups is 1. The Hall–Kier alpha value is -2.56. The topological polar surface area (TPSA) is 210 Å². The molecule has 1 aromatic carbocycles. The number of amides is 1. The van der Waals surface area contributed by atoms with E-state index < -0.39 is 95.4 Å². The Morgan fingerprint density at radius 1 is 1.05 bits per heavy atom. The van der Waals surface area contributed by atoms with Gasteiger partial charge in [0.05, 0.1) is 12.9 Å². The number of ether oxygens (including phenoxy) is 2. The van der Waals surface area contributed by atoms with Crippen LogP contribution in [0.15, 0.2) is 30.3 Å². The molecule has 0 heterocycles. The molecule has 1 amide bonds. The molecule has 13 nitrogen and oxygen atoms in total. The van der Waals surface area contributed by atoms with Crippen LogP contribution in [0.1, 0.15) is 63.9 Å². The van der Waals surface area contributed by atoms with Gasteiger partial charge in [-0.25, -0.2) is 30.0 Å². The third-order valence-corrected chi connectivity index (χ3v) is 12.1. The van der Waals surface area contributed by atoms with E-state index in [9.17, 15) is 39.6 Å². The van der Waals surface area contributed by atoms with Gasteiger partial charge in [0.2, 0.25) is 5.91 Å². The van der Waals surface area contributed by atoms with Crippen molar-refractivity contribution in [1.82, 2.24) is 5.32 Å². The van der Waals surface area contributed by atoms with Crippen LogP contribution in [0.25, 0.3) is 0 Å². The fourth-order valence-electron chi connectivity index (χ4n) is 5.40. The fraction of sp³-hybridized carbons (Fsp3) is 0.667. The lowest BCUT2D eigenvalue weighted by atomic mass is 9.80. The molecule has 43 heavy (non-hydrogen) atoms. The highest BCUT2D eigenvalue weighted by molar-refractivity contribution is 7.93. The Labute approximate surface area is 256 Å². The molecular formula is C27H42N2O11S3.